The summed E-state index contributed by atoms with van der Waals surface area (Å²) < 4.78 is 5.58. The molecular weight excluding hydrogens is 334 g/mol. The molecule has 0 atom stereocenters. The Hall–Kier alpha value is -2.14. The van der Waals surface area contributed by atoms with E-state index in [0.717, 1.165) is 10.0 Å². The molecule has 0 aromatic heterocycles. The number of carbonyl (C=O) groups is 2. The average Bonchev–Trinajstić information content (AvgIpc) is 2.46. The molecule has 0 fully saturated rings. The van der Waals surface area contributed by atoms with Gasteiger partial charge in [-0.05, 0) is 35.9 Å². The van der Waals surface area contributed by atoms with Crippen LogP contribution in [0.5, 0.6) is 0 Å². The largest absolute Gasteiger partial charge is 0.465 e. The summed E-state index contributed by atoms with van der Waals surface area (Å²) in [5.41, 5.74) is 1.88. The lowest BCUT2D eigenvalue weighted by Crippen LogP contribution is -2.14. The summed E-state index contributed by atoms with van der Waals surface area (Å²) in [7, 11) is 1.32. The first-order valence-electron chi connectivity index (χ1n) is 6.31. The number of amides is 1. The molecule has 2 aromatic carbocycles. The van der Waals surface area contributed by atoms with Crippen LogP contribution in [-0.2, 0) is 16.0 Å². The van der Waals surface area contributed by atoms with Crippen molar-refractivity contribution in [2.75, 3.05) is 12.4 Å². The number of benzene rings is 2. The number of nitrogens with one attached hydrogen (secondary N) is 1. The minimum atomic E-state index is -0.432. The molecule has 0 saturated carbocycles. The molecule has 2 aromatic rings. The van der Waals surface area contributed by atoms with E-state index in [-0.39, 0.29) is 12.3 Å². The molecule has 0 radical (unpaired) electrons. The van der Waals surface area contributed by atoms with E-state index in [4.69, 9.17) is 0 Å². The number of anilines is 1. The van der Waals surface area contributed by atoms with Gasteiger partial charge in [0.25, 0.3) is 0 Å². The van der Waals surface area contributed by atoms with Gasteiger partial charge in [-0.3, -0.25) is 4.79 Å². The molecule has 0 heterocycles. The van der Waals surface area contributed by atoms with Crippen molar-refractivity contribution in [1.29, 1.82) is 0 Å². The van der Waals surface area contributed by atoms with Crippen molar-refractivity contribution in [2.45, 2.75) is 6.42 Å². The van der Waals surface area contributed by atoms with Gasteiger partial charge in [0.1, 0.15) is 0 Å². The number of esters is 1. The normalized spacial score (nSPS) is 10.0. The summed E-state index contributed by atoms with van der Waals surface area (Å²) in [6, 6.07) is 14.2. The Balaban J connectivity index is 2.04. The molecule has 108 valence electrons. The molecule has 0 bridgehead atoms. The minimum absolute atomic E-state index is 0.143. The van der Waals surface area contributed by atoms with Crippen LogP contribution >= 0.6 is 15.9 Å². The third kappa shape index (κ3) is 4.43. The number of hydrogen-bond acceptors (Lipinski definition) is 3. The lowest BCUT2D eigenvalue weighted by Gasteiger charge is -2.07. The number of carbonyl (C=O) groups excluding carboxylic acids is 2. The topological polar surface area (TPSA) is 55.4 Å². The third-order valence-corrected chi connectivity index (χ3v) is 3.31. The maximum absolute atomic E-state index is 12.0. The van der Waals surface area contributed by atoms with Gasteiger partial charge in [-0.1, -0.05) is 34.1 Å². The van der Waals surface area contributed by atoms with Crippen LogP contribution in [0, 0.1) is 0 Å². The highest BCUT2D eigenvalue weighted by Gasteiger charge is 2.08. The fourth-order valence-corrected chi connectivity index (χ4v) is 2.33. The van der Waals surface area contributed by atoms with Gasteiger partial charge in [-0.25, -0.2) is 4.79 Å². The Bertz CT molecular complexity index is 670. The molecule has 4 nitrogen and oxygen atoms in total. The second kappa shape index (κ2) is 7.04. The van der Waals surface area contributed by atoms with Crippen LogP contribution in [-0.4, -0.2) is 19.0 Å². The van der Waals surface area contributed by atoms with Crippen LogP contribution in [0.4, 0.5) is 5.69 Å². The fourth-order valence-electron chi connectivity index (χ4n) is 1.88. The summed E-state index contributed by atoms with van der Waals surface area (Å²) in [5, 5.41) is 2.77. The van der Waals surface area contributed by atoms with Crippen LogP contribution in [0.2, 0.25) is 0 Å². The maximum atomic E-state index is 12.0. The molecule has 0 aliphatic rings. The van der Waals surface area contributed by atoms with Crippen molar-refractivity contribution in [3.05, 3.63) is 64.1 Å². The summed E-state index contributed by atoms with van der Waals surface area (Å²) in [5.74, 6) is -0.576. The van der Waals surface area contributed by atoms with Gasteiger partial charge in [0, 0.05) is 10.2 Å². The predicted molar refractivity (Wildman–Crippen MR) is 84.3 cm³/mol. The number of halogens is 1. The van der Waals surface area contributed by atoms with E-state index in [2.05, 4.69) is 26.0 Å². The first-order chi connectivity index (χ1) is 10.1. The number of hydrogen-bond donors (Lipinski definition) is 1. The summed E-state index contributed by atoms with van der Waals surface area (Å²) in [6.45, 7) is 0. The number of methoxy groups -OCH3 is 1. The van der Waals surface area contributed by atoms with Gasteiger partial charge >= 0.3 is 5.97 Å². The molecule has 0 aliphatic heterocycles. The van der Waals surface area contributed by atoms with Gasteiger partial charge < -0.3 is 10.1 Å². The van der Waals surface area contributed by atoms with Crippen molar-refractivity contribution >= 4 is 33.5 Å². The van der Waals surface area contributed by atoms with Crippen LogP contribution in [0.3, 0.4) is 0 Å². The smallest absolute Gasteiger partial charge is 0.337 e. The lowest BCUT2D eigenvalue weighted by molar-refractivity contribution is -0.115. The van der Waals surface area contributed by atoms with E-state index in [0.29, 0.717) is 11.3 Å². The van der Waals surface area contributed by atoms with Gasteiger partial charge in [-0.2, -0.15) is 0 Å². The molecule has 1 N–H and O–H groups in total. The van der Waals surface area contributed by atoms with Crippen molar-refractivity contribution < 1.29 is 14.3 Å². The average molecular weight is 348 g/mol. The van der Waals surface area contributed by atoms with Crippen LogP contribution in [0.15, 0.2) is 53.0 Å². The van der Waals surface area contributed by atoms with Crippen molar-refractivity contribution in [3.8, 4) is 0 Å². The molecular formula is C16H14BrNO3. The van der Waals surface area contributed by atoms with Gasteiger partial charge in [-0.15, -0.1) is 0 Å². The zero-order valence-corrected chi connectivity index (χ0v) is 13.0. The minimum Gasteiger partial charge on any atom is -0.465 e. The molecule has 0 saturated heterocycles. The van der Waals surface area contributed by atoms with E-state index in [9.17, 15) is 9.59 Å². The standard InChI is InChI=1S/C16H14BrNO3/c1-21-16(20)12-5-3-7-14(10-12)18-15(19)9-11-4-2-6-13(17)8-11/h2-8,10H,9H2,1H3,(H,18,19). The van der Waals surface area contributed by atoms with E-state index in [1.54, 1.807) is 24.3 Å². The van der Waals surface area contributed by atoms with E-state index < -0.39 is 5.97 Å². The van der Waals surface area contributed by atoms with Crippen molar-refractivity contribution in [2.24, 2.45) is 0 Å². The lowest BCUT2D eigenvalue weighted by atomic mass is 10.1. The predicted octanol–water partition coefficient (Wildman–Crippen LogP) is 3.42. The highest BCUT2D eigenvalue weighted by Crippen LogP contribution is 2.14. The highest BCUT2D eigenvalue weighted by molar-refractivity contribution is 9.10. The molecule has 0 unspecified atom stereocenters. The Morgan fingerprint density at radius 2 is 1.90 bits per heavy atom. The Morgan fingerprint density at radius 3 is 2.62 bits per heavy atom. The van der Waals surface area contributed by atoms with E-state index in [1.807, 2.05) is 24.3 Å². The Kier molecular flexibility index (Phi) is 5.11. The van der Waals surface area contributed by atoms with Crippen molar-refractivity contribution in [3.63, 3.8) is 0 Å². The molecule has 2 rings (SSSR count). The van der Waals surface area contributed by atoms with Gasteiger partial charge in [0.05, 0.1) is 19.1 Å². The number of ether oxygens (including phenoxy) is 1. The fraction of sp³-hybridized carbons (Fsp3) is 0.125. The summed E-state index contributed by atoms with van der Waals surface area (Å²) >= 11 is 3.37. The van der Waals surface area contributed by atoms with E-state index >= 15 is 0 Å². The molecule has 1 amide bonds. The zero-order chi connectivity index (χ0) is 15.2. The second-order valence-electron chi connectivity index (χ2n) is 4.43. The van der Waals surface area contributed by atoms with E-state index in [1.165, 1.54) is 7.11 Å². The Morgan fingerprint density at radius 1 is 1.14 bits per heavy atom. The summed E-state index contributed by atoms with van der Waals surface area (Å²) in [6.07, 6.45) is 0.266. The third-order valence-electron chi connectivity index (χ3n) is 2.82. The molecule has 0 spiro atoms. The monoisotopic (exact) mass is 347 g/mol. The molecule has 0 aliphatic carbocycles. The SMILES string of the molecule is COC(=O)c1cccc(NC(=O)Cc2cccc(Br)c2)c1. The summed E-state index contributed by atoms with van der Waals surface area (Å²) in [4.78, 5) is 23.4. The quantitative estimate of drug-likeness (QED) is 0.862. The molecule has 5 heteroatoms. The Labute approximate surface area is 131 Å². The second-order valence-corrected chi connectivity index (χ2v) is 5.34. The van der Waals surface area contributed by atoms with Crippen LogP contribution in [0.1, 0.15) is 15.9 Å². The van der Waals surface area contributed by atoms with Gasteiger partial charge in [0.15, 0.2) is 0 Å². The highest BCUT2D eigenvalue weighted by atomic mass is 79.9. The molecule has 21 heavy (non-hydrogen) atoms. The van der Waals surface area contributed by atoms with Crippen LogP contribution in [0.25, 0.3) is 0 Å². The maximum Gasteiger partial charge on any atom is 0.337 e. The van der Waals surface area contributed by atoms with Crippen molar-refractivity contribution in [1.82, 2.24) is 0 Å². The number of rotatable bonds is 4. The first-order valence-corrected chi connectivity index (χ1v) is 7.10. The first kappa shape index (κ1) is 15.3. The van der Waals surface area contributed by atoms with Gasteiger partial charge in [0.2, 0.25) is 5.91 Å². The zero-order valence-electron chi connectivity index (χ0n) is 11.4. The van der Waals surface area contributed by atoms with Crippen LogP contribution < -0.4 is 5.32 Å².